The molecule has 0 saturated carbocycles. The van der Waals surface area contributed by atoms with Crippen molar-refractivity contribution in [2.45, 2.75) is 72.3 Å². The lowest BCUT2D eigenvalue weighted by Crippen LogP contribution is -2.27. The monoisotopic (exact) mass is 543 g/mol. The number of carbonyl (C=O) groups excluding carboxylic acids is 1. The van der Waals surface area contributed by atoms with Gasteiger partial charge in [-0.15, -0.1) is 0 Å². The summed E-state index contributed by atoms with van der Waals surface area (Å²) >= 11 is 0. The number of hydrogen-bond donors (Lipinski definition) is 0. The van der Waals surface area contributed by atoms with Crippen molar-refractivity contribution in [1.82, 2.24) is 9.80 Å². The molecule has 0 fully saturated rings. The molecule has 3 rings (SSSR count). The van der Waals surface area contributed by atoms with E-state index in [1.807, 2.05) is 58.3 Å². The third-order valence-corrected chi connectivity index (χ3v) is 7.47. The van der Waals surface area contributed by atoms with Crippen LogP contribution in [0.4, 0.5) is 0 Å². The van der Waals surface area contributed by atoms with E-state index in [2.05, 4.69) is 62.2 Å². The highest BCUT2D eigenvalue weighted by atomic mass is 16.5. The smallest absolute Gasteiger partial charge is 0.163 e. The summed E-state index contributed by atoms with van der Waals surface area (Å²) in [7, 11) is 7.86. The summed E-state index contributed by atoms with van der Waals surface area (Å²) in [4.78, 5) is 21.9. The molecule has 2 aromatic carbocycles. The Morgan fingerprint density at radius 2 is 1.88 bits per heavy atom. The molecule has 1 heterocycles. The minimum Gasteiger partial charge on any atom is -0.496 e. The molecule has 5 nitrogen and oxygen atoms in total. The molecule has 0 aliphatic carbocycles. The van der Waals surface area contributed by atoms with Gasteiger partial charge in [0.15, 0.2) is 5.78 Å². The molecule has 0 bridgehead atoms. The van der Waals surface area contributed by atoms with Crippen LogP contribution < -0.4 is 4.74 Å². The van der Waals surface area contributed by atoms with E-state index in [1.54, 1.807) is 7.11 Å². The third kappa shape index (κ3) is 8.53. The Bertz CT molecular complexity index is 1240. The second-order valence-electron chi connectivity index (χ2n) is 10.4. The number of methoxy groups -OCH3 is 1. The van der Waals surface area contributed by atoms with Crippen molar-refractivity contribution in [2.24, 2.45) is 4.99 Å². The molecule has 1 unspecified atom stereocenters. The fourth-order valence-corrected chi connectivity index (χ4v) is 5.04. The molecule has 0 spiro atoms. The maximum atomic E-state index is 12.8. The van der Waals surface area contributed by atoms with Gasteiger partial charge in [0.25, 0.3) is 0 Å². The Balaban J connectivity index is 0.00000274. The van der Waals surface area contributed by atoms with E-state index in [0.717, 1.165) is 65.2 Å². The van der Waals surface area contributed by atoms with Crippen LogP contribution in [0.5, 0.6) is 5.75 Å². The molecular formula is C35H49N3O2. The summed E-state index contributed by atoms with van der Waals surface area (Å²) in [5, 5.41) is 0. The van der Waals surface area contributed by atoms with E-state index >= 15 is 0 Å². The summed E-state index contributed by atoms with van der Waals surface area (Å²) in [6.07, 6.45) is 6.82. The number of rotatable bonds is 11. The van der Waals surface area contributed by atoms with Gasteiger partial charge in [0, 0.05) is 48.5 Å². The number of aliphatic imine (C=N–C) groups is 1. The van der Waals surface area contributed by atoms with Gasteiger partial charge in [-0.2, -0.15) is 0 Å². The second-order valence-corrected chi connectivity index (χ2v) is 10.4. The van der Waals surface area contributed by atoms with Crippen molar-refractivity contribution in [3.8, 4) is 5.75 Å². The van der Waals surface area contributed by atoms with Gasteiger partial charge in [0.05, 0.1) is 19.0 Å². The van der Waals surface area contributed by atoms with E-state index in [9.17, 15) is 4.79 Å². The van der Waals surface area contributed by atoms with Crippen LogP contribution in [0.15, 0.2) is 78.1 Å². The SMILES string of the molecule is C=C1Cc2ccccc2C(=C)N(C)/C1=C/N=C(C)Cc1ccc(C(=O)CCCC(CC)N(C)C)cc1OC.CC. The van der Waals surface area contributed by atoms with Crippen LogP contribution in [-0.2, 0) is 12.8 Å². The summed E-state index contributed by atoms with van der Waals surface area (Å²) in [5.74, 6) is 0.882. The molecule has 0 N–H and O–H groups in total. The van der Waals surface area contributed by atoms with Gasteiger partial charge in [-0.1, -0.05) is 70.3 Å². The average Bonchev–Trinajstić information content (AvgIpc) is 3.04. The Hall–Kier alpha value is -3.44. The zero-order valence-electron chi connectivity index (χ0n) is 26.0. The maximum absolute atomic E-state index is 12.8. The number of ether oxygens (including phenoxy) is 1. The molecule has 2 aromatic rings. The van der Waals surface area contributed by atoms with E-state index in [1.165, 1.54) is 5.56 Å². The van der Waals surface area contributed by atoms with Crippen molar-refractivity contribution in [3.05, 3.63) is 95.3 Å². The number of nitrogens with zero attached hydrogens (tertiary/aromatic N) is 3. The summed E-state index contributed by atoms with van der Waals surface area (Å²) in [6, 6.07) is 14.6. The molecule has 1 atom stereocenters. The number of ketones is 1. The molecule has 0 radical (unpaired) electrons. The standard InChI is InChI=1S/C33H43N3O2.C2H6/c1-9-29(35(5)6)14-12-16-32(37)27-17-18-28(33(21-27)38-8)20-24(3)34-22-31-23(2)19-26-13-10-11-15-30(26)25(4)36(31)7;1-2/h10-11,13,15,17-18,21-22,29H,2,4,9,12,14,16,19-20H2,1,3,5-8H3;1-2H3/b31-22+,34-24?;. The highest BCUT2D eigenvalue weighted by Crippen LogP contribution is 2.33. The number of hydrogen-bond acceptors (Lipinski definition) is 5. The fraction of sp³-hybridized carbons (Fsp3) is 0.429. The largest absolute Gasteiger partial charge is 0.496 e. The number of benzene rings is 2. The first-order valence-corrected chi connectivity index (χ1v) is 14.4. The summed E-state index contributed by atoms with van der Waals surface area (Å²) < 4.78 is 5.66. The van der Waals surface area contributed by atoms with Crippen molar-refractivity contribution >= 4 is 17.2 Å². The van der Waals surface area contributed by atoms with Crippen LogP contribution in [-0.4, -0.2) is 55.6 Å². The van der Waals surface area contributed by atoms with Crippen LogP contribution >= 0.6 is 0 Å². The first-order chi connectivity index (χ1) is 19.2. The van der Waals surface area contributed by atoms with E-state index in [-0.39, 0.29) is 5.78 Å². The summed E-state index contributed by atoms with van der Waals surface area (Å²) in [5.41, 5.74) is 7.92. The lowest BCUT2D eigenvalue weighted by Gasteiger charge is -2.22. The van der Waals surface area contributed by atoms with Gasteiger partial charge in [0.2, 0.25) is 0 Å². The number of Topliss-reactive ketones (excluding diaryl/α,β-unsaturated/α-hetero) is 1. The lowest BCUT2D eigenvalue weighted by molar-refractivity contribution is 0.0975. The van der Waals surface area contributed by atoms with Crippen molar-refractivity contribution in [1.29, 1.82) is 0 Å². The summed E-state index contributed by atoms with van der Waals surface area (Å²) in [6.45, 7) is 16.8. The van der Waals surface area contributed by atoms with Crippen molar-refractivity contribution < 1.29 is 9.53 Å². The van der Waals surface area contributed by atoms with Gasteiger partial charge in [-0.3, -0.25) is 9.79 Å². The molecule has 5 heteroatoms. The second kappa shape index (κ2) is 16.0. The van der Waals surface area contributed by atoms with E-state index in [4.69, 9.17) is 9.73 Å². The van der Waals surface area contributed by atoms with Crippen LogP contribution in [0.3, 0.4) is 0 Å². The molecule has 1 aliphatic rings. The maximum Gasteiger partial charge on any atom is 0.163 e. The molecule has 0 aromatic heterocycles. The zero-order chi connectivity index (χ0) is 29.8. The Morgan fingerprint density at radius 3 is 2.52 bits per heavy atom. The molecule has 0 saturated heterocycles. The minimum absolute atomic E-state index is 0.162. The number of carbonyl (C=O) groups is 1. The van der Waals surface area contributed by atoms with Gasteiger partial charge < -0.3 is 14.5 Å². The first kappa shape index (κ1) is 32.8. The highest BCUT2D eigenvalue weighted by Gasteiger charge is 2.21. The number of allylic oxidation sites excluding steroid dienone is 1. The van der Waals surface area contributed by atoms with Crippen molar-refractivity contribution in [2.75, 3.05) is 28.3 Å². The number of fused-ring (bicyclic) bond motifs is 1. The van der Waals surface area contributed by atoms with E-state index < -0.39 is 0 Å². The molecule has 1 aliphatic heterocycles. The van der Waals surface area contributed by atoms with Crippen LogP contribution in [0.25, 0.3) is 5.70 Å². The lowest BCUT2D eigenvalue weighted by atomic mass is 9.99. The number of likely N-dealkylation sites (N-methyl/N-ethyl adjacent to an activating group) is 1. The van der Waals surface area contributed by atoms with Gasteiger partial charge >= 0.3 is 0 Å². The fourth-order valence-electron chi connectivity index (χ4n) is 5.04. The molecular weight excluding hydrogens is 494 g/mol. The third-order valence-electron chi connectivity index (χ3n) is 7.47. The Morgan fingerprint density at radius 1 is 1.18 bits per heavy atom. The van der Waals surface area contributed by atoms with Crippen LogP contribution in [0, 0.1) is 0 Å². The predicted octanol–water partition coefficient (Wildman–Crippen LogP) is 7.97. The molecule has 0 amide bonds. The van der Waals surface area contributed by atoms with Crippen molar-refractivity contribution in [3.63, 3.8) is 0 Å². The quantitative estimate of drug-likeness (QED) is 0.213. The predicted molar refractivity (Wildman–Crippen MR) is 171 cm³/mol. The Labute approximate surface area is 243 Å². The first-order valence-electron chi connectivity index (χ1n) is 14.4. The van der Waals surface area contributed by atoms with Gasteiger partial charge in [0.1, 0.15) is 5.75 Å². The van der Waals surface area contributed by atoms with Crippen LogP contribution in [0.2, 0.25) is 0 Å². The van der Waals surface area contributed by atoms with Gasteiger partial charge in [-0.25, -0.2) is 0 Å². The minimum atomic E-state index is 0.162. The molecule has 40 heavy (non-hydrogen) atoms. The van der Waals surface area contributed by atoms with Crippen LogP contribution in [0.1, 0.15) is 80.4 Å². The van der Waals surface area contributed by atoms with E-state index in [0.29, 0.717) is 24.4 Å². The topological polar surface area (TPSA) is 45.1 Å². The Kier molecular flexibility index (Phi) is 13.1. The van der Waals surface area contributed by atoms with Gasteiger partial charge in [-0.05, 0) is 69.5 Å². The molecule has 216 valence electrons. The highest BCUT2D eigenvalue weighted by molar-refractivity contribution is 5.96. The normalized spacial score (nSPS) is 15.4. The average molecular weight is 544 g/mol. The zero-order valence-corrected chi connectivity index (χ0v) is 26.0.